The smallest absolute Gasteiger partial charge is 0.190 e. The molecular weight excluding hydrogens is 225 g/mol. The average molecular weight is 228 g/mol. The molecule has 0 unspecified atom stereocenters. The van der Waals surface area contributed by atoms with Crippen molar-refractivity contribution in [1.82, 2.24) is 0 Å². The van der Waals surface area contributed by atoms with Crippen molar-refractivity contribution >= 4 is 34.8 Å². The molecule has 3 nitrogen and oxygen atoms in total. The van der Waals surface area contributed by atoms with Crippen LogP contribution in [0, 0.1) is 0 Å². The molecule has 0 heterocycles. The Morgan fingerprint density at radius 3 is 2.18 bits per heavy atom. The third-order valence-corrected chi connectivity index (χ3v) is 2.56. The zero-order valence-electron chi connectivity index (χ0n) is 4.83. The molecule has 0 spiro atoms. The Hall–Kier alpha value is 0.400. The summed E-state index contributed by atoms with van der Waals surface area (Å²) in [5.41, 5.74) is -5.36. The number of hydrogen-bond acceptors (Lipinski definition) is 5. The maximum absolute atomic E-state index is 11.4. The summed E-state index contributed by atoms with van der Waals surface area (Å²) < 4.78 is 57.7. The first-order valence-corrected chi connectivity index (χ1v) is 4.99. The molecule has 0 aromatic rings. The van der Waals surface area contributed by atoms with Crippen molar-refractivity contribution in [3.05, 3.63) is 0 Å². The van der Waals surface area contributed by atoms with Gasteiger partial charge in [0, 0.05) is 12.0 Å². The number of rotatable bonds is 3. The summed E-state index contributed by atoms with van der Waals surface area (Å²) in [5.74, 6) is 0. The van der Waals surface area contributed by atoms with E-state index in [0.717, 1.165) is 0 Å². The van der Waals surface area contributed by atoms with Gasteiger partial charge in [0.2, 0.25) is 0 Å². The zero-order valence-corrected chi connectivity index (χ0v) is 7.36. The van der Waals surface area contributed by atoms with Gasteiger partial charge in [0.1, 0.15) is 0 Å². The predicted molar refractivity (Wildman–Crippen MR) is 37.5 cm³/mol. The third-order valence-electron chi connectivity index (χ3n) is 0.474. The molecule has 0 fully saturated rings. The lowest BCUT2D eigenvalue weighted by atomic mass is 11.6. The van der Waals surface area contributed by atoms with Gasteiger partial charge < -0.3 is 0 Å². The molecule has 0 saturated heterocycles. The van der Waals surface area contributed by atoms with Gasteiger partial charge in [-0.15, -0.1) is 0 Å². The molecule has 0 aromatic carbocycles. The highest BCUT2D eigenvalue weighted by Crippen LogP contribution is 2.27. The fourth-order valence-electron chi connectivity index (χ4n) is 0.123. The van der Waals surface area contributed by atoms with Crippen LogP contribution >= 0.6 is 24.7 Å². The van der Waals surface area contributed by atoms with Gasteiger partial charge in [0.25, 0.3) is 0 Å². The van der Waals surface area contributed by atoms with Crippen LogP contribution in [0.15, 0.2) is 0 Å². The lowest BCUT2D eigenvalue weighted by Gasteiger charge is -2.04. The van der Waals surface area contributed by atoms with E-state index in [1.807, 2.05) is 0 Å². The second kappa shape index (κ2) is 3.87. The summed E-state index contributed by atoms with van der Waals surface area (Å²) in [6.07, 6.45) is 0. The van der Waals surface area contributed by atoms with Gasteiger partial charge in [0.05, 0.1) is 5.08 Å². The maximum atomic E-state index is 11.4. The summed E-state index contributed by atoms with van der Waals surface area (Å²) >= 11 is 3.53. The Bertz CT molecular complexity index is 206. The SMILES string of the molecule is O=S(=O)(OSCS)C(F)(F)F. The highest BCUT2D eigenvalue weighted by atomic mass is 32.3. The minimum absolute atomic E-state index is 0.0982. The molecule has 0 atom stereocenters. The van der Waals surface area contributed by atoms with E-state index in [4.69, 9.17) is 0 Å². The number of hydrogen-bond donors (Lipinski definition) is 1. The second-order valence-electron chi connectivity index (χ2n) is 1.21. The number of thiol groups is 1. The van der Waals surface area contributed by atoms with Gasteiger partial charge in [-0.3, -0.25) is 0 Å². The number of alkyl halides is 3. The zero-order chi connectivity index (χ0) is 9.12. The first kappa shape index (κ1) is 11.4. The predicted octanol–water partition coefficient (Wildman–Crippen LogP) is 1.39. The summed E-state index contributed by atoms with van der Waals surface area (Å²) in [5, 5.41) is -0.171. The van der Waals surface area contributed by atoms with Gasteiger partial charge in [-0.2, -0.15) is 37.8 Å². The monoisotopic (exact) mass is 228 g/mol. The van der Waals surface area contributed by atoms with E-state index >= 15 is 0 Å². The highest BCUT2D eigenvalue weighted by molar-refractivity contribution is 8.11. The first-order valence-electron chi connectivity index (χ1n) is 2.04. The van der Waals surface area contributed by atoms with E-state index in [9.17, 15) is 21.6 Å². The topological polar surface area (TPSA) is 43.4 Å². The van der Waals surface area contributed by atoms with Crippen LogP contribution in [0.25, 0.3) is 0 Å². The van der Waals surface area contributed by atoms with Gasteiger partial charge in [-0.1, -0.05) is 0 Å². The van der Waals surface area contributed by atoms with Crippen LogP contribution in [0.3, 0.4) is 0 Å². The first-order chi connectivity index (χ1) is 4.81. The normalized spacial score (nSPS) is 13.5. The average Bonchev–Trinajstić information content (AvgIpc) is 1.81. The molecule has 0 bridgehead atoms. The summed E-state index contributed by atoms with van der Waals surface area (Å²) in [7, 11) is -5.45. The largest absolute Gasteiger partial charge is 0.524 e. The molecule has 68 valence electrons. The van der Waals surface area contributed by atoms with E-state index < -0.39 is 15.6 Å². The number of halogens is 3. The lowest BCUT2D eigenvalue weighted by Crippen LogP contribution is -2.23. The minimum Gasteiger partial charge on any atom is -0.190 e. The Morgan fingerprint density at radius 2 is 1.91 bits per heavy atom. The van der Waals surface area contributed by atoms with Gasteiger partial charge in [-0.25, -0.2) is 0 Å². The van der Waals surface area contributed by atoms with Crippen LogP contribution in [-0.2, 0) is 13.7 Å². The van der Waals surface area contributed by atoms with Crippen molar-refractivity contribution in [2.75, 3.05) is 5.08 Å². The summed E-state index contributed by atoms with van der Waals surface area (Å²) in [6, 6.07) is 0. The van der Waals surface area contributed by atoms with E-state index in [2.05, 4.69) is 16.3 Å². The fourth-order valence-corrected chi connectivity index (χ4v) is 1.50. The molecule has 0 aliphatic carbocycles. The Kier molecular flexibility index (Phi) is 4.02. The second-order valence-corrected chi connectivity index (χ2v) is 4.40. The van der Waals surface area contributed by atoms with Crippen molar-refractivity contribution in [1.29, 1.82) is 0 Å². The van der Waals surface area contributed by atoms with Crippen molar-refractivity contribution in [3.8, 4) is 0 Å². The summed E-state index contributed by atoms with van der Waals surface area (Å²) in [4.78, 5) is 0. The maximum Gasteiger partial charge on any atom is 0.524 e. The third kappa shape index (κ3) is 3.54. The highest BCUT2D eigenvalue weighted by Gasteiger charge is 2.47. The molecular formula is C2H3F3O3S3. The van der Waals surface area contributed by atoms with Crippen LogP contribution in [0.5, 0.6) is 0 Å². The van der Waals surface area contributed by atoms with Crippen LogP contribution in [0.4, 0.5) is 13.2 Å². The molecule has 0 aromatic heterocycles. The fraction of sp³-hybridized carbons (Fsp3) is 1.00. The Labute approximate surface area is 71.0 Å². The van der Waals surface area contributed by atoms with Crippen molar-refractivity contribution in [3.63, 3.8) is 0 Å². The van der Waals surface area contributed by atoms with Gasteiger partial charge in [-0.05, 0) is 0 Å². The van der Waals surface area contributed by atoms with E-state index in [0.29, 0.717) is 0 Å². The Balaban J connectivity index is 4.26. The van der Waals surface area contributed by atoms with Crippen molar-refractivity contribution in [2.45, 2.75) is 5.51 Å². The minimum atomic E-state index is -5.45. The quantitative estimate of drug-likeness (QED) is 0.343. The molecule has 11 heavy (non-hydrogen) atoms. The molecule has 0 N–H and O–H groups in total. The van der Waals surface area contributed by atoms with Gasteiger partial charge >= 0.3 is 15.6 Å². The van der Waals surface area contributed by atoms with E-state index in [1.165, 1.54) is 0 Å². The van der Waals surface area contributed by atoms with Crippen molar-refractivity contribution < 1.29 is 25.2 Å². The summed E-state index contributed by atoms with van der Waals surface area (Å²) in [6.45, 7) is 0. The van der Waals surface area contributed by atoms with Crippen LogP contribution in [0.2, 0.25) is 0 Å². The molecule has 0 rings (SSSR count). The molecule has 0 amide bonds. The van der Waals surface area contributed by atoms with E-state index in [-0.39, 0.29) is 17.1 Å². The molecule has 9 heteroatoms. The molecule has 0 saturated carbocycles. The molecule has 0 radical (unpaired) electrons. The lowest BCUT2D eigenvalue weighted by molar-refractivity contribution is -0.0493. The van der Waals surface area contributed by atoms with Gasteiger partial charge in [0.15, 0.2) is 0 Å². The van der Waals surface area contributed by atoms with Crippen LogP contribution in [0.1, 0.15) is 0 Å². The van der Waals surface area contributed by atoms with Crippen LogP contribution in [-0.4, -0.2) is 19.0 Å². The van der Waals surface area contributed by atoms with E-state index in [1.54, 1.807) is 0 Å². The van der Waals surface area contributed by atoms with Crippen molar-refractivity contribution in [2.24, 2.45) is 0 Å². The molecule has 0 aliphatic heterocycles. The standard InChI is InChI=1S/C2H3F3O3S3/c3-2(4,5)11(6,7)8-10-1-9/h9H,1H2. The molecule has 0 aliphatic rings. The van der Waals surface area contributed by atoms with Crippen LogP contribution < -0.4 is 0 Å². The Morgan fingerprint density at radius 1 is 1.45 bits per heavy atom.